The summed E-state index contributed by atoms with van der Waals surface area (Å²) in [5.74, 6) is 2.26. The highest BCUT2D eigenvalue weighted by Crippen LogP contribution is 2.23. The predicted molar refractivity (Wildman–Crippen MR) is 88.8 cm³/mol. The van der Waals surface area contributed by atoms with Gasteiger partial charge in [-0.25, -0.2) is 0 Å². The SMILES string of the molecule is COc1c(C)cnc(CNCCCCCCSC)c1C. The summed E-state index contributed by atoms with van der Waals surface area (Å²) in [6, 6.07) is 0. The van der Waals surface area contributed by atoms with Crippen LogP contribution in [0.4, 0.5) is 0 Å². The number of thioether (sulfide) groups is 1. The maximum absolute atomic E-state index is 5.43. The molecular weight excluding hydrogens is 268 g/mol. The Morgan fingerprint density at radius 2 is 1.95 bits per heavy atom. The standard InChI is InChI=1S/C16H28N2OS/c1-13-11-18-15(14(2)16(13)19-3)12-17-9-7-5-6-8-10-20-4/h11,17H,5-10,12H2,1-4H3. The number of hydrogen-bond acceptors (Lipinski definition) is 4. The van der Waals surface area contributed by atoms with Gasteiger partial charge in [-0.2, -0.15) is 11.8 Å². The molecule has 20 heavy (non-hydrogen) atoms. The zero-order chi connectivity index (χ0) is 14.8. The molecule has 3 nitrogen and oxygen atoms in total. The van der Waals surface area contributed by atoms with Crippen LogP contribution in [0.2, 0.25) is 0 Å². The first-order valence-electron chi connectivity index (χ1n) is 7.39. The van der Waals surface area contributed by atoms with Crippen molar-refractivity contribution >= 4 is 11.8 Å². The van der Waals surface area contributed by atoms with Crippen LogP contribution in [0.25, 0.3) is 0 Å². The molecule has 0 unspecified atom stereocenters. The number of pyridine rings is 1. The molecule has 0 saturated heterocycles. The maximum Gasteiger partial charge on any atom is 0.128 e. The number of rotatable bonds is 10. The smallest absolute Gasteiger partial charge is 0.128 e. The lowest BCUT2D eigenvalue weighted by molar-refractivity contribution is 0.406. The van der Waals surface area contributed by atoms with E-state index in [1.165, 1.54) is 31.4 Å². The predicted octanol–water partition coefficient (Wildman–Crippen LogP) is 3.72. The second kappa shape index (κ2) is 10.1. The molecule has 0 fully saturated rings. The minimum absolute atomic E-state index is 0.827. The van der Waals surface area contributed by atoms with Crippen LogP contribution in [0.15, 0.2) is 6.20 Å². The summed E-state index contributed by atoms with van der Waals surface area (Å²) in [5, 5.41) is 3.48. The van der Waals surface area contributed by atoms with E-state index in [0.29, 0.717) is 0 Å². The number of nitrogens with zero attached hydrogens (tertiary/aromatic N) is 1. The fourth-order valence-electron chi connectivity index (χ4n) is 2.31. The van der Waals surface area contributed by atoms with Gasteiger partial charge in [0.25, 0.3) is 0 Å². The quantitative estimate of drug-likeness (QED) is 0.667. The zero-order valence-electron chi connectivity index (χ0n) is 13.3. The van der Waals surface area contributed by atoms with E-state index < -0.39 is 0 Å². The van der Waals surface area contributed by atoms with E-state index in [-0.39, 0.29) is 0 Å². The molecular formula is C16H28N2OS. The Hall–Kier alpha value is -0.740. The van der Waals surface area contributed by atoms with E-state index in [2.05, 4.69) is 23.5 Å². The Labute approximate surface area is 127 Å². The minimum atomic E-state index is 0.827. The van der Waals surface area contributed by atoms with Crippen LogP contribution in [0.3, 0.4) is 0 Å². The summed E-state index contributed by atoms with van der Waals surface area (Å²) in [7, 11) is 1.72. The van der Waals surface area contributed by atoms with Crippen LogP contribution in [-0.4, -0.2) is 30.6 Å². The number of ether oxygens (including phenoxy) is 1. The molecule has 1 rings (SSSR count). The number of nitrogens with one attached hydrogen (secondary N) is 1. The second-order valence-electron chi connectivity index (χ2n) is 5.13. The number of methoxy groups -OCH3 is 1. The molecule has 114 valence electrons. The van der Waals surface area contributed by atoms with Crippen molar-refractivity contribution in [3.63, 3.8) is 0 Å². The van der Waals surface area contributed by atoms with E-state index in [1.807, 2.05) is 24.9 Å². The van der Waals surface area contributed by atoms with Crippen molar-refractivity contribution in [1.82, 2.24) is 10.3 Å². The summed E-state index contributed by atoms with van der Waals surface area (Å²) < 4.78 is 5.43. The molecule has 1 aromatic rings. The van der Waals surface area contributed by atoms with E-state index in [4.69, 9.17) is 4.74 Å². The van der Waals surface area contributed by atoms with Gasteiger partial charge >= 0.3 is 0 Å². The van der Waals surface area contributed by atoms with Gasteiger partial charge in [0, 0.05) is 23.9 Å². The fraction of sp³-hybridized carbons (Fsp3) is 0.688. The molecule has 0 saturated carbocycles. The van der Waals surface area contributed by atoms with Gasteiger partial charge in [0.15, 0.2) is 0 Å². The average Bonchev–Trinajstić information content (AvgIpc) is 2.44. The highest BCUT2D eigenvalue weighted by Gasteiger charge is 2.08. The molecule has 1 aromatic heterocycles. The van der Waals surface area contributed by atoms with Crippen molar-refractivity contribution in [2.45, 2.75) is 46.1 Å². The lowest BCUT2D eigenvalue weighted by atomic mass is 10.1. The van der Waals surface area contributed by atoms with Gasteiger partial charge in [0.2, 0.25) is 0 Å². The number of aryl methyl sites for hydroxylation is 1. The molecule has 0 amide bonds. The number of unbranched alkanes of at least 4 members (excludes halogenated alkanes) is 3. The first-order valence-corrected chi connectivity index (χ1v) is 8.78. The van der Waals surface area contributed by atoms with Crippen molar-refractivity contribution in [2.24, 2.45) is 0 Å². The lowest BCUT2D eigenvalue weighted by Gasteiger charge is -2.12. The molecule has 0 aliphatic rings. The molecule has 0 spiro atoms. The molecule has 0 aliphatic heterocycles. The highest BCUT2D eigenvalue weighted by molar-refractivity contribution is 7.98. The van der Waals surface area contributed by atoms with Crippen LogP contribution >= 0.6 is 11.8 Å². The van der Waals surface area contributed by atoms with E-state index >= 15 is 0 Å². The van der Waals surface area contributed by atoms with Crippen LogP contribution in [0.1, 0.15) is 42.5 Å². The first-order chi connectivity index (χ1) is 9.70. The molecule has 0 atom stereocenters. The van der Waals surface area contributed by atoms with E-state index in [1.54, 1.807) is 7.11 Å². The van der Waals surface area contributed by atoms with Crippen molar-refractivity contribution in [3.05, 3.63) is 23.0 Å². The summed E-state index contributed by atoms with van der Waals surface area (Å²) in [4.78, 5) is 4.50. The van der Waals surface area contributed by atoms with Gasteiger partial charge in [-0.05, 0) is 45.2 Å². The van der Waals surface area contributed by atoms with Crippen LogP contribution < -0.4 is 10.1 Å². The Morgan fingerprint density at radius 3 is 2.65 bits per heavy atom. The summed E-state index contributed by atoms with van der Waals surface area (Å²) in [6.07, 6.45) is 9.32. The van der Waals surface area contributed by atoms with E-state index in [9.17, 15) is 0 Å². The third kappa shape index (κ3) is 5.71. The molecule has 1 N–H and O–H groups in total. The van der Waals surface area contributed by atoms with Crippen molar-refractivity contribution in [3.8, 4) is 5.75 Å². The topological polar surface area (TPSA) is 34.1 Å². The Bertz CT molecular complexity index is 396. The van der Waals surface area contributed by atoms with Crippen molar-refractivity contribution in [1.29, 1.82) is 0 Å². The highest BCUT2D eigenvalue weighted by atomic mass is 32.2. The van der Waals surface area contributed by atoms with Crippen LogP contribution in [-0.2, 0) is 6.54 Å². The third-order valence-corrected chi connectivity index (χ3v) is 4.19. The summed E-state index contributed by atoms with van der Waals surface area (Å²) in [6.45, 7) is 6.01. The molecule has 0 radical (unpaired) electrons. The molecule has 4 heteroatoms. The Kier molecular flexibility index (Phi) is 8.70. The Balaban J connectivity index is 2.25. The maximum atomic E-state index is 5.43. The van der Waals surface area contributed by atoms with Gasteiger partial charge in [-0.3, -0.25) is 4.98 Å². The van der Waals surface area contributed by atoms with Crippen molar-refractivity contribution < 1.29 is 4.74 Å². The summed E-state index contributed by atoms with van der Waals surface area (Å²) >= 11 is 1.94. The number of hydrogen-bond donors (Lipinski definition) is 1. The second-order valence-corrected chi connectivity index (χ2v) is 6.12. The average molecular weight is 296 g/mol. The molecule has 1 heterocycles. The van der Waals surface area contributed by atoms with Crippen LogP contribution in [0.5, 0.6) is 5.75 Å². The van der Waals surface area contributed by atoms with Gasteiger partial charge in [-0.1, -0.05) is 12.8 Å². The molecule has 0 bridgehead atoms. The zero-order valence-corrected chi connectivity index (χ0v) is 14.1. The molecule has 0 aliphatic carbocycles. The number of aromatic nitrogens is 1. The van der Waals surface area contributed by atoms with Gasteiger partial charge in [-0.15, -0.1) is 0 Å². The third-order valence-electron chi connectivity index (χ3n) is 3.49. The monoisotopic (exact) mass is 296 g/mol. The normalized spacial score (nSPS) is 10.8. The van der Waals surface area contributed by atoms with Gasteiger partial charge < -0.3 is 10.1 Å². The van der Waals surface area contributed by atoms with Gasteiger partial charge in [0.1, 0.15) is 5.75 Å². The molecule has 0 aromatic carbocycles. The lowest BCUT2D eigenvalue weighted by Crippen LogP contribution is -2.17. The Morgan fingerprint density at radius 1 is 1.20 bits per heavy atom. The first kappa shape index (κ1) is 17.3. The minimum Gasteiger partial charge on any atom is -0.496 e. The fourth-order valence-corrected chi connectivity index (χ4v) is 2.80. The van der Waals surface area contributed by atoms with E-state index in [0.717, 1.165) is 35.7 Å². The van der Waals surface area contributed by atoms with Gasteiger partial charge in [0.05, 0.1) is 12.8 Å². The van der Waals surface area contributed by atoms with Crippen molar-refractivity contribution in [2.75, 3.05) is 25.7 Å². The summed E-state index contributed by atoms with van der Waals surface area (Å²) in [5.41, 5.74) is 3.34. The largest absolute Gasteiger partial charge is 0.496 e. The van der Waals surface area contributed by atoms with Crippen LogP contribution in [0, 0.1) is 13.8 Å².